The molecule has 1 aromatic carbocycles. The lowest BCUT2D eigenvalue weighted by Gasteiger charge is -2.32. The summed E-state index contributed by atoms with van der Waals surface area (Å²) in [4.78, 5) is 26.1. The van der Waals surface area contributed by atoms with Crippen molar-refractivity contribution in [3.8, 4) is 0 Å². The molecule has 10 heteroatoms. The highest BCUT2D eigenvalue weighted by Crippen LogP contribution is 2.27. The van der Waals surface area contributed by atoms with Gasteiger partial charge in [0, 0.05) is 18.1 Å². The summed E-state index contributed by atoms with van der Waals surface area (Å²) in [5.74, 6) is -0.318. The Kier molecular flexibility index (Phi) is 7.66. The van der Waals surface area contributed by atoms with E-state index in [2.05, 4.69) is 25.2 Å². The lowest BCUT2D eigenvalue weighted by Crippen LogP contribution is -2.40. The number of carbonyl (C=O) groups is 2. The first-order chi connectivity index (χ1) is 13.5. The van der Waals surface area contributed by atoms with E-state index in [0.717, 1.165) is 36.5 Å². The lowest BCUT2D eigenvalue weighted by molar-refractivity contribution is -0.137. The van der Waals surface area contributed by atoms with Gasteiger partial charge in [-0.25, -0.2) is 0 Å². The van der Waals surface area contributed by atoms with E-state index < -0.39 is 0 Å². The van der Waals surface area contributed by atoms with Crippen molar-refractivity contribution in [1.82, 2.24) is 15.1 Å². The van der Waals surface area contributed by atoms with Gasteiger partial charge < -0.3 is 10.1 Å². The van der Waals surface area contributed by atoms with Gasteiger partial charge >= 0.3 is 5.97 Å². The minimum Gasteiger partial charge on any atom is -0.468 e. The monoisotopic (exact) mass is 440 g/mol. The summed E-state index contributed by atoms with van der Waals surface area (Å²) < 4.78 is 5.21. The SMILES string of the molecule is COC(=O)CSc1nnc(NC(=O)C2CCCN(Cc3ccccc3Cl)C2)s1. The van der Waals surface area contributed by atoms with Crippen LogP contribution in [0.3, 0.4) is 0 Å². The van der Waals surface area contributed by atoms with Crippen LogP contribution >= 0.6 is 34.7 Å². The number of anilines is 1. The van der Waals surface area contributed by atoms with E-state index >= 15 is 0 Å². The molecule has 2 heterocycles. The molecule has 7 nitrogen and oxygen atoms in total. The molecule has 1 aliphatic heterocycles. The van der Waals surface area contributed by atoms with Crippen molar-refractivity contribution in [2.45, 2.75) is 23.7 Å². The number of thioether (sulfide) groups is 1. The number of methoxy groups -OCH3 is 1. The maximum atomic E-state index is 12.6. The number of ether oxygens (including phenoxy) is 1. The van der Waals surface area contributed by atoms with E-state index in [1.54, 1.807) is 0 Å². The number of hydrogen-bond acceptors (Lipinski definition) is 8. The van der Waals surface area contributed by atoms with Gasteiger partial charge in [0.05, 0.1) is 18.8 Å². The van der Waals surface area contributed by atoms with Crippen molar-refractivity contribution >= 4 is 51.7 Å². The number of hydrogen-bond donors (Lipinski definition) is 1. The molecule has 1 atom stereocenters. The van der Waals surface area contributed by atoms with Gasteiger partial charge in [-0.1, -0.05) is 52.9 Å². The van der Waals surface area contributed by atoms with E-state index in [0.29, 0.717) is 16.0 Å². The molecule has 1 unspecified atom stereocenters. The number of piperidine rings is 1. The van der Waals surface area contributed by atoms with Crippen LogP contribution in [0.25, 0.3) is 0 Å². The molecule has 0 radical (unpaired) electrons. The zero-order chi connectivity index (χ0) is 19.9. The molecule has 1 aliphatic rings. The summed E-state index contributed by atoms with van der Waals surface area (Å²) >= 11 is 8.75. The molecule has 0 bridgehead atoms. The summed E-state index contributed by atoms with van der Waals surface area (Å²) in [6, 6.07) is 7.79. The van der Waals surface area contributed by atoms with Crippen LogP contribution in [0.4, 0.5) is 5.13 Å². The Balaban J connectivity index is 1.52. The third-order valence-electron chi connectivity index (χ3n) is 4.41. The summed E-state index contributed by atoms with van der Waals surface area (Å²) in [6.07, 6.45) is 1.80. The van der Waals surface area contributed by atoms with Crippen LogP contribution in [0, 0.1) is 5.92 Å². The minimum atomic E-state index is -0.327. The van der Waals surface area contributed by atoms with Gasteiger partial charge in [-0.3, -0.25) is 14.5 Å². The number of nitrogens with one attached hydrogen (secondary N) is 1. The van der Waals surface area contributed by atoms with Gasteiger partial charge in [0.15, 0.2) is 4.34 Å². The molecule has 1 N–H and O–H groups in total. The largest absolute Gasteiger partial charge is 0.468 e. The molecule has 0 spiro atoms. The van der Waals surface area contributed by atoms with Crippen molar-refractivity contribution in [3.63, 3.8) is 0 Å². The summed E-state index contributed by atoms with van der Waals surface area (Å²) in [5.41, 5.74) is 1.07. The highest BCUT2D eigenvalue weighted by atomic mass is 35.5. The Morgan fingerprint density at radius 3 is 3.00 bits per heavy atom. The van der Waals surface area contributed by atoms with Crippen molar-refractivity contribution < 1.29 is 14.3 Å². The van der Waals surface area contributed by atoms with Gasteiger partial charge in [0.25, 0.3) is 0 Å². The number of aromatic nitrogens is 2. The number of carbonyl (C=O) groups excluding carboxylic acids is 2. The van der Waals surface area contributed by atoms with E-state index in [1.807, 2.05) is 24.3 Å². The number of esters is 1. The van der Waals surface area contributed by atoms with Crippen LogP contribution in [0.1, 0.15) is 18.4 Å². The number of nitrogens with zero attached hydrogens (tertiary/aromatic N) is 3. The lowest BCUT2D eigenvalue weighted by atomic mass is 9.97. The quantitative estimate of drug-likeness (QED) is 0.401. The van der Waals surface area contributed by atoms with Crippen LogP contribution in [0.5, 0.6) is 0 Å². The van der Waals surface area contributed by atoms with Crippen molar-refractivity contribution in [3.05, 3.63) is 34.9 Å². The molecule has 1 saturated heterocycles. The molecular weight excluding hydrogens is 420 g/mol. The fourth-order valence-electron chi connectivity index (χ4n) is 2.99. The molecule has 28 heavy (non-hydrogen) atoms. The Labute approximate surface area is 176 Å². The fraction of sp³-hybridized carbons (Fsp3) is 0.444. The molecule has 150 valence electrons. The molecule has 1 aromatic heterocycles. The highest BCUT2D eigenvalue weighted by molar-refractivity contribution is 8.01. The Morgan fingerprint density at radius 2 is 2.21 bits per heavy atom. The zero-order valence-corrected chi connectivity index (χ0v) is 17.8. The standard InChI is InChI=1S/C18H21ClN4O3S2/c1-26-15(24)11-27-18-22-21-17(28-18)20-16(25)13-6-4-8-23(10-13)9-12-5-2-3-7-14(12)19/h2-3,5,7,13H,4,6,8-11H2,1H3,(H,20,21,25). The van der Waals surface area contributed by atoms with Crippen LogP contribution in [-0.2, 0) is 20.9 Å². The molecule has 0 aliphatic carbocycles. The van der Waals surface area contributed by atoms with Gasteiger partial charge in [-0.15, -0.1) is 10.2 Å². The van der Waals surface area contributed by atoms with Crippen LogP contribution in [0.2, 0.25) is 5.02 Å². The second-order valence-electron chi connectivity index (χ2n) is 6.39. The highest BCUT2D eigenvalue weighted by Gasteiger charge is 2.27. The van der Waals surface area contributed by atoms with E-state index in [-0.39, 0.29) is 23.5 Å². The van der Waals surface area contributed by atoms with Gasteiger partial charge in [-0.05, 0) is 31.0 Å². The van der Waals surface area contributed by atoms with E-state index in [9.17, 15) is 9.59 Å². The Morgan fingerprint density at radius 1 is 1.39 bits per heavy atom. The van der Waals surface area contributed by atoms with Gasteiger partial charge in [-0.2, -0.15) is 0 Å². The van der Waals surface area contributed by atoms with Crippen molar-refractivity contribution in [2.75, 3.05) is 31.3 Å². The molecular formula is C18H21ClN4O3S2. The van der Waals surface area contributed by atoms with Gasteiger partial charge in [0.1, 0.15) is 0 Å². The van der Waals surface area contributed by atoms with E-state index in [4.69, 9.17) is 11.6 Å². The first kappa shape index (κ1) is 21.0. The normalized spacial score (nSPS) is 17.3. The second kappa shape index (κ2) is 10.2. The summed E-state index contributed by atoms with van der Waals surface area (Å²) in [7, 11) is 1.34. The third kappa shape index (κ3) is 5.91. The molecule has 2 aromatic rings. The van der Waals surface area contributed by atoms with Gasteiger partial charge in [0.2, 0.25) is 11.0 Å². The number of amides is 1. The van der Waals surface area contributed by atoms with Crippen LogP contribution < -0.4 is 5.32 Å². The minimum absolute atomic E-state index is 0.0514. The average Bonchev–Trinajstić information content (AvgIpc) is 3.15. The van der Waals surface area contributed by atoms with E-state index in [1.165, 1.54) is 30.2 Å². The number of benzene rings is 1. The molecule has 0 saturated carbocycles. The average molecular weight is 441 g/mol. The van der Waals surface area contributed by atoms with Crippen molar-refractivity contribution in [2.24, 2.45) is 5.92 Å². The summed E-state index contributed by atoms with van der Waals surface area (Å²) in [5, 5.41) is 12.0. The fourth-order valence-corrected chi connectivity index (χ4v) is 4.77. The smallest absolute Gasteiger partial charge is 0.316 e. The first-order valence-corrected chi connectivity index (χ1v) is 11.0. The zero-order valence-electron chi connectivity index (χ0n) is 15.4. The Bertz CT molecular complexity index is 833. The summed E-state index contributed by atoms with van der Waals surface area (Å²) in [6.45, 7) is 2.36. The number of halogens is 1. The first-order valence-electron chi connectivity index (χ1n) is 8.85. The third-order valence-corrected chi connectivity index (χ3v) is 6.72. The number of rotatable bonds is 7. The predicted octanol–water partition coefficient (Wildman–Crippen LogP) is 3.31. The maximum Gasteiger partial charge on any atom is 0.316 e. The topological polar surface area (TPSA) is 84.4 Å². The maximum absolute atomic E-state index is 12.6. The number of likely N-dealkylation sites (tertiary alicyclic amines) is 1. The molecule has 1 fully saturated rings. The van der Waals surface area contributed by atoms with Crippen LogP contribution in [-0.4, -0.2) is 52.9 Å². The van der Waals surface area contributed by atoms with Crippen molar-refractivity contribution in [1.29, 1.82) is 0 Å². The molecule has 1 amide bonds. The second-order valence-corrected chi connectivity index (χ2v) is 9.00. The Hall–Kier alpha value is -1.68. The predicted molar refractivity (Wildman–Crippen MR) is 111 cm³/mol. The molecule has 3 rings (SSSR count). The van der Waals surface area contributed by atoms with Crippen LogP contribution in [0.15, 0.2) is 28.6 Å².